The summed E-state index contributed by atoms with van der Waals surface area (Å²) in [5.74, 6) is -3.35. The number of ketones is 2. The van der Waals surface area contributed by atoms with Gasteiger partial charge in [-0.2, -0.15) is 0 Å². The van der Waals surface area contributed by atoms with Crippen LogP contribution in [0.2, 0.25) is 0 Å². The number of aromatic hydroxyl groups is 1. The van der Waals surface area contributed by atoms with Crippen LogP contribution in [-0.4, -0.2) is 63.2 Å². The van der Waals surface area contributed by atoms with Gasteiger partial charge in [-0.15, -0.1) is 0 Å². The van der Waals surface area contributed by atoms with Crippen molar-refractivity contribution in [2.75, 3.05) is 30.9 Å². The summed E-state index contributed by atoms with van der Waals surface area (Å²) in [4.78, 5) is 33.2. The van der Waals surface area contributed by atoms with Crippen molar-refractivity contribution in [3.8, 4) is 5.75 Å². The first-order valence-corrected chi connectivity index (χ1v) is 11.8. The minimum atomic E-state index is -2.33. The van der Waals surface area contributed by atoms with E-state index in [4.69, 9.17) is 0 Å². The normalized spacial score (nSPS) is 27.4. The van der Waals surface area contributed by atoms with Crippen LogP contribution >= 0.6 is 0 Å². The number of nitrogens with zero attached hydrogens (tertiary/aromatic N) is 2. The second kappa shape index (κ2) is 8.09. The molecule has 0 spiro atoms. The Morgan fingerprint density at radius 1 is 1.17 bits per heavy atom. The van der Waals surface area contributed by atoms with E-state index in [1.54, 1.807) is 24.5 Å². The van der Waals surface area contributed by atoms with Crippen molar-refractivity contribution in [3.05, 3.63) is 70.5 Å². The number of anilines is 2. The van der Waals surface area contributed by atoms with Gasteiger partial charge in [-0.25, -0.2) is 0 Å². The van der Waals surface area contributed by atoms with E-state index in [0.29, 0.717) is 11.3 Å². The Balaban J connectivity index is 1.74. The number of phenolic OH excluding ortho intramolecular Hbond substituents is 1. The first-order chi connectivity index (χ1) is 17.0. The molecule has 1 heterocycles. The summed E-state index contributed by atoms with van der Waals surface area (Å²) in [5, 5.41) is 47.5. The number of benzene rings is 1. The molecule has 2 aromatic rings. The number of rotatable bonds is 4. The number of allylic oxidation sites excluding steroid dienone is 1. The van der Waals surface area contributed by atoms with Gasteiger partial charge in [0.2, 0.25) is 5.78 Å². The van der Waals surface area contributed by atoms with Crippen LogP contribution in [0.4, 0.5) is 11.4 Å². The summed E-state index contributed by atoms with van der Waals surface area (Å²) in [6.45, 7) is 1.58. The summed E-state index contributed by atoms with van der Waals surface area (Å²) in [6, 6.07) is 6.76. The van der Waals surface area contributed by atoms with Gasteiger partial charge in [0, 0.05) is 67.6 Å². The molecule has 36 heavy (non-hydrogen) atoms. The third-order valence-electron chi connectivity index (χ3n) is 7.93. The molecule has 5 N–H and O–H groups in total. The molecule has 0 bridgehead atoms. The molecule has 9 nitrogen and oxygen atoms in total. The standard InChI is InChI=1S/C27H29N3O6/c1-14-20(32)9-15-10-26(13-29-16-5-4-8-28-12-16)11-17-18(30(2)3)6-7-19(31)21(17)23(33)22(26)25(35)27(15,36)24(14)34/h4-8,12,15,29,31-32,35-36H,9-11,13H2,1-3H3/t15-,26-,27-/m1/s1. The number of aliphatic hydroxyl groups is 3. The maximum absolute atomic E-state index is 14.0. The molecular weight excluding hydrogens is 462 g/mol. The maximum Gasteiger partial charge on any atom is 0.201 e. The van der Waals surface area contributed by atoms with Crippen molar-refractivity contribution in [1.29, 1.82) is 0 Å². The van der Waals surface area contributed by atoms with Crippen LogP contribution in [0.1, 0.15) is 35.7 Å². The SMILES string of the molecule is CC1=C(O)C[C@@H]2C[C@]3(CNc4cccnc4)Cc4c(N(C)C)ccc(O)c4C(=O)C3=C(O)[C@]2(O)C1=O. The number of aromatic nitrogens is 1. The van der Waals surface area contributed by atoms with Crippen molar-refractivity contribution in [2.24, 2.45) is 11.3 Å². The quantitative estimate of drug-likeness (QED) is 0.436. The van der Waals surface area contributed by atoms with Crippen LogP contribution in [0.15, 0.2) is 59.3 Å². The zero-order chi connectivity index (χ0) is 26.0. The van der Waals surface area contributed by atoms with Crippen LogP contribution in [-0.2, 0) is 11.2 Å². The molecule has 0 unspecified atom stereocenters. The molecule has 3 aliphatic carbocycles. The largest absolute Gasteiger partial charge is 0.512 e. The molecule has 0 aliphatic heterocycles. The van der Waals surface area contributed by atoms with Gasteiger partial charge in [-0.3, -0.25) is 14.6 Å². The summed E-state index contributed by atoms with van der Waals surface area (Å²) < 4.78 is 0. The lowest BCUT2D eigenvalue weighted by Gasteiger charge is -2.52. The molecule has 0 amide bonds. The summed E-state index contributed by atoms with van der Waals surface area (Å²) in [5.41, 5.74) is -1.36. The van der Waals surface area contributed by atoms with E-state index in [2.05, 4.69) is 10.3 Å². The van der Waals surface area contributed by atoms with Crippen molar-refractivity contribution >= 4 is 22.9 Å². The van der Waals surface area contributed by atoms with Crippen molar-refractivity contribution in [2.45, 2.75) is 31.8 Å². The van der Waals surface area contributed by atoms with E-state index in [1.807, 2.05) is 25.1 Å². The van der Waals surface area contributed by atoms with E-state index in [-0.39, 0.29) is 54.0 Å². The van der Waals surface area contributed by atoms with E-state index < -0.39 is 34.3 Å². The lowest BCUT2D eigenvalue weighted by Crippen LogP contribution is -2.59. The van der Waals surface area contributed by atoms with Gasteiger partial charge >= 0.3 is 0 Å². The third-order valence-corrected chi connectivity index (χ3v) is 7.93. The number of fused-ring (bicyclic) bond motifs is 3. The molecule has 0 fully saturated rings. The molecule has 9 heteroatoms. The second-order valence-corrected chi connectivity index (χ2v) is 10.2. The number of carbonyl (C=O) groups is 2. The molecular formula is C27H29N3O6. The highest BCUT2D eigenvalue weighted by atomic mass is 16.3. The van der Waals surface area contributed by atoms with E-state index >= 15 is 0 Å². The lowest BCUT2D eigenvalue weighted by molar-refractivity contribution is -0.144. The Morgan fingerprint density at radius 3 is 2.58 bits per heavy atom. The van der Waals surface area contributed by atoms with E-state index in [0.717, 1.165) is 5.69 Å². The fraction of sp³-hybridized carbons (Fsp3) is 0.370. The molecule has 0 saturated carbocycles. The molecule has 1 aromatic heterocycles. The Morgan fingerprint density at radius 2 is 1.92 bits per heavy atom. The minimum Gasteiger partial charge on any atom is -0.512 e. The van der Waals surface area contributed by atoms with Gasteiger partial charge in [0.1, 0.15) is 11.5 Å². The summed E-state index contributed by atoms with van der Waals surface area (Å²) in [7, 11) is 3.68. The number of nitrogens with one attached hydrogen (secondary N) is 1. The maximum atomic E-state index is 14.0. The minimum absolute atomic E-state index is 0.0122. The van der Waals surface area contributed by atoms with E-state index in [9.17, 15) is 30.0 Å². The highest BCUT2D eigenvalue weighted by Crippen LogP contribution is 2.57. The first-order valence-electron chi connectivity index (χ1n) is 11.8. The highest BCUT2D eigenvalue weighted by molar-refractivity contribution is 6.16. The predicted molar refractivity (Wildman–Crippen MR) is 133 cm³/mol. The molecule has 3 aliphatic rings. The Bertz CT molecular complexity index is 1350. The third kappa shape index (κ3) is 3.22. The Labute approximate surface area is 208 Å². The fourth-order valence-electron chi connectivity index (χ4n) is 6.08. The highest BCUT2D eigenvalue weighted by Gasteiger charge is 2.62. The van der Waals surface area contributed by atoms with Gasteiger partial charge in [-0.1, -0.05) is 0 Å². The smallest absolute Gasteiger partial charge is 0.201 e. The van der Waals surface area contributed by atoms with Crippen LogP contribution in [0, 0.1) is 11.3 Å². The molecule has 188 valence electrons. The zero-order valence-corrected chi connectivity index (χ0v) is 20.4. The lowest BCUT2D eigenvalue weighted by atomic mass is 9.53. The molecule has 3 atom stereocenters. The monoisotopic (exact) mass is 491 g/mol. The summed E-state index contributed by atoms with van der Waals surface area (Å²) >= 11 is 0. The van der Waals surface area contributed by atoms with Crippen LogP contribution in [0.25, 0.3) is 0 Å². The van der Waals surface area contributed by atoms with Gasteiger partial charge < -0.3 is 30.6 Å². The van der Waals surface area contributed by atoms with E-state index in [1.165, 1.54) is 13.0 Å². The zero-order valence-electron chi connectivity index (χ0n) is 20.4. The van der Waals surface area contributed by atoms with Crippen LogP contribution in [0.3, 0.4) is 0 Å². The van der Waals surface area contributed by atoms with Crippen LogP contribution in [0.5, 0.6) is 5.75 Å². The molecule has 1 aromatic carbocycles. The number of hydrogen-bond donors (Lipinski definition) is 5. The van der Waals surface area contributed by atoms with Gasteiger partial charge in [-0.05, 0) is 49.6 Å². The summed E-state index contributed by atoms with van der Waals surface area (Å²) in [6.07, 6.45) is 3.66. The average Bonchev–Trinajstić information content (AvgIpc) is 2.84. The predicted octanol–water partition coefficient (Wildman–Crippen LogP) is 3.06. The Hall–Kier alpha value is -3.85. The topological polar surface area (TPSA) is 143 Å². The number of carbonyl (C=O) groups excluding carboxylic acids is 2. The number of aliphatic hydroxyl groups excluding tert-OH is 2. The average molecular weight is 492 g/mol. The van der Waals surface area contributed by atoms with Crippen LogP contribution < -0.4 is 10.2 Å². The molecule has 0 radical (unpaired) electrons. The fourth-order valence-corrected chi connectivity index (χ4v) is 6.08. The Kier molecular flexibility index (Phi) is 5.37. The molecule has 0 saturated heterocycles. The van der Waals surface area contributed by atoms with Crippen molar-refractivity contribution in [1.82, 2.24) is 4.98 Å². The number of pyridine rings is 1. The number of phenols is 1. The molecule has 5 rings (SSSR count). The van der Waals surface area contributed by atoms with Crippen molar-refractivity contribution in [3.63, 3.8) is 0 Å². The number of hydrogen-bond acceptors (Lipinski definition) is 9. The van der Waals surface area contributed by atoms with Gasteiger partial charge in [0.15, 0.2) is 11.4 Å². The number of Topliss-reactive ketones (excluding diaryl/α,β-unsaturated/α-hetero) is 2. The van der Waals surface area contributed by atoms with Crippen molar-refractivity contribution < 1.29 is 30.0 Å². The first kappa shape index (κ1) is 23.9. The van der Waals surface area contributed by atoms with Gasteiger partial charge in [0.25, 0.3) is 0 Å². The second-order valence-electron chi connectivity index (χ2n) is 10.2. The van der Waals surface area contributed by atoms with Gasteiger partial charge in [0.05, 0.1) is 17.0 Å².